The minimum atomic E-state index is -4.56. The summed E-state index contributed by atoms with van der Waals surface area (Å²) in [6.07, 6.45) is -2.05. The number of esters is 1. The van der Waals surface area contributed by atoms with E-state index >= 15 is 0 Å². The van der Waals surface area contributed by atoms with Crippen LogP contribution in [-0.4, -0.2) is 32.6 Å². The second-order valence-corrected chi connectivity index (χ2v) is 5.55. The highest BCUT2D eigenvalue weighted by Crippen LogP contribution is 2.29. The van der Waals surface area contributed by atoms with E-state index in [2.05, 4.69) is 0 Å². The molecule has 0 aliphatic heterocycles. The minimum absolute atomic E-state index is 0.191. The second-order valence-electron chi connectivity index (χ2n) is 5.55. The maximum Gasteiger partial charge on any atom is 0.416 e. The number of alkyl halides is 3. The van der Waals surface area contributed by atoms with Crippen molar-refractivity contribution in [3.8, 4) is 11.5 Å². The molecule has 0 saturated heterocycles. The number of rotatable bonds is 7. The molecule has 0 N–H and O–H groups in total. The number of methoxy groups -OCH3 is 2. The summed E-state index contributed by atoms with van der Waals surface area (Å²) in [5.74, 6) is -0.528. The first-order valence-electron chi connectivity index (χ1n) is 8.02. The SMILES string of the molecule is COc1ccc(/C=C/C(=O)OCC(=O)c2cccc(C(F)(F)F)c2)c(OC)c1. The Bertz CT molecular complexity index is 888. The lowest BCUT2D eigenvalue weighted by Gasteiger charge is -2.08. The largest absolute Gasteiger partial charge is 0.497 e. The van der Waals surface area contributed by atoms with Gasteiger partial charge in [0.25, 0.3) is 0 Å². The van der Waals surface area contributed by atoms with Crippen LogP contribution >= 0.6 is 0 Å². The average molecular weight is 394 g/mol. The first-order valence-corrected chi connectivity index (χ1v) is 8.02. The predicted molar refractivity (Wildman–Crippen MR) is 95.3 cm³/mol. The molecule has 2 aromatic carbocycles. The van der Waals surface area contributed by atoms with Crippen LogP contribution < -0.4 is 9.47 Å². The van der Waals surface area contributed by atoms with E-state index < -0.39 is 30.1 Å². The molecular formula is C20H17F3O5. The predicted octanol–water partition coefficient (Wildman–Crippen LogP) is 4.16. The topological polar surface area (TPSA) is 61.8 Å². The third-order valence-corrected chi connectivity index (χ3v) is 3.70. The van der Waals surface area contributed by atoms with Gasteiger partial charge in [-0.2, -0.15) is 13.2 Å². The molecule has 5 nitrogen and oxygen atoms in total. The summed E-state index contributed by atoms with van der Waals surface area (Å²) in [5, 5.41) is 0. The Hall–Kier alpha value is -3.29. The molecule has 28 heavy (non-hydrogen) atoms. The van der Waals surface area contributed by atoms with Gasteiger partial charge in [-0.25, -0.2) is 4.79 Å². The summed E-state index contributed by atoms with van der Waals surface area (Å²) >= 11 is 0. The van der Waals surface area contributed by atoms with Crippen molar-refractivity contribution in [1.29, 1.82) is 0 Å². The van der Waals surface area contributed by atoms with E-state index in [1.165, 1.54) is 26.4 Å². The molecule has 0 bridgehead atoms. The van der Waals surface area contributed by atoms with Gasteiger partial charge in [-0.3, -0.25) is 4.79 Å². The lowest BCUT2D eigenvalue weighted by Crippen LogP contribution is -2.14. The van der Waals surface area contributed by atoms with Crippen LogP contribution in [0.25, 0.3) is 6.08 Å². The van der Waals surface area contributed by atoms with Crippen molar-refractivity contribution in [2.75, 3.05) is 20.8 Å². The lowest BCUT2D eigenvalue weighted by molar-refractivity contribution is -0.138. The first-order chi connectivity index (χ1) is 13.2. The molecule has 2 aromatic rings. The number of carbonyl (C=O) groups is 2. The molecule has 0 radical (unpaired) electrons. The quantitative estimate of drug-likeness (QED) is 0.401. The fourth-order valence-corrected chi connectivity index (χ4v) is 2.25. The molecule has 0 amide bonds. The number of Topliss-reactive ketones (excluding diaryl/α,β-unsaturated/α-hetero) is 1. The maximum atomic E-state index is 12.7. The maximum absolute atomic E-state index is 12.7. The second kappa shape index (κ2) is 9.07. The van der Waals surface area contributed by atoms with Crippen molar-refractivity contribution < 1.29 is 37.0 Å². The molecule has 0 saturated carbocycles. The van der Waals surface area contributed by atoms with E-state index in [0.29, 0.717) is 23.1 Å². The highest BCUT2D eigenvalue weighted by atomic mass is 19.4. The van der Waals surface area contributed by atoms with Gasteiger partial charge in [0.05, 0.1) is 19.8 Å². The van der Waals surface area contributed by atoms with E-state index in [-0.39, 0.29) is 5.56 Å². The summed E-state index contributed by atoms with van der Waals surface area (Å²) in [6.45, 7) is -0.676. The Morgan fingerprint density at radius 1 is 1.04 bits per heavy atom. The molecule has 0 unspecified atom stereocenters. The number of benzene rings is 2. The third-order valence-electron chi connectivity index (χ3n) is 3.70. The molecule has 2 rings (SSSR count). The van der Waals surface area contributed by atoms with Gasteiger partial charge in [0.2, 0.25) is 0 Å². The summed E-state index contributed by atoms with van der Waals surface area (Å²) < 4.78 is 53.1. The minimum Gasteiger partial charge on any atom is -0.497 e. The van der Waals surface area contributed by atoms with Gasteiger partial charge in [-0.05, 0) is 30.3 Å². The van der Waals surface area contributed by atoms with Crippen molar-refractivity contribution in [1.82, 2.24) is 0 Å². The van der Waals surface area contributed by atoms with Gasteiger partial charge in [-0.15, -0.1) is 0 Å². The van der Waals surface area contributed by atoms with Gasteiger partial charge in [0.1, 0.15) is 11.5 Å². The number of ketones is 1. The molecule has 0 atom stereocenters. The molecular weight excluding hydrogens is 377 g/mol. The van der Waals surface area contributed by atoms with Crippen LogP contribution in [0.2, 0.25) is 0 Å². The van der Waals surface area contributed by atoms with Crippen LogP contribution in [0.15, 0.2) is 48.5 Å². The Balaban J connectivity index is 1.99. The monoisotopic (exact) mass is 394 g/mol. The van der Waals surface area contributed by atoms with E-state index in [0.717, 1.165) is 18.2 Å². The van der Waals surface area contributed by atoms with Gasteiger partial charge < -0.3 is 14.2 Å². The van der Waals surface area contributed by atoms with Gasteiger partial charge in [-0.1, -0.05) is 12.1 Å². The highest BCUT2D eigenvalue weighted by molar-refractivity contribution is 5.99. The summed E-state index contributed by atoms with van der Waals surface area (Å²) in [7, 11) is 2.96. The van der Waals surface area contributed by atoms with Gasteiger partial charge in [0.15, 0.2) is 12.4 Å². The smallest absolute Gasteiger partial charge is 0.416 e. The van der Waals surface area contributed by atoms with Crippen LogP contribution in [0.1, 0.15) is 21.5 Å². The van der Waals surface area contributed by atoms with Crippen LogP contribution in [0, 0.1) is 0 Å². The van der Waals surface area contributed by atoms with Gasteiger partial charge in [0, 0.05) is 23.3 Å². The molecule has 0 aromatic heterocycles. The number of hydrogen-bond acceptors (Lipinski definition) is 5. The zero-order valence-electron chi connectivity index (χ0n) is 15.1. The van der Waals surface area contributed by atoms with Gasteiger partial charge >= 0.3 is 12.1 Å². The van der Waals surface area contributed by atoms with Crippen LogP contribution in [-0.2, 0) is 15.7 Å². The number of hydrogen-bond donors (Lipinski definition) is 0. The molecule has 0 heterocycles. The van der Waals surface area contributed by atoms with E-state index in [9.17, 15) is 22.8 Å². The Labute approximate surface area is 159 Å². The highest BCUT2D eigenvalue weighted by Gasteiger charge is 2.30. The van der Waals surface area contributed by atoms with E-state index in [1.807, 2.05) is 0 Å². The van der Waals surface area contributed by atoms with E-state index in [4.69, 9.17) is 14.2 Å². The molecule has 8 heteroatoms. The molecule has 0 spiro atoms. The van der Waals surface area contributed by atoms with Crippen LogP contribution in [0.3, 0.4) is 0 Å². The van der Waals surface area contributed by atoms with Crippen molar-refractivity contribution in [3.05, 3.63) is 65.2 Å². The number of ether oxygens (including phenoxy) is 3. The summed E-state index contributed by atoms with van der Waals surface area (Å²) in [6, 6.07) is 8.88. The lowest BCUT2D eigenvalue weighted by atomic mass is 10.1. The van der Waals surface area contributed by atoms with Crippen molar-refractivity contribution >= 4 is 17.8 Å². The zero-order chi connectivity index (χ0) is 20.7. The van der Waals surface area contributed by atoms with Crippen LogP contribution in [0.4, 0.5) is 13.2 Å². The third kappa shape index (κ3) is 5.60. The molecule has 148 valence electrons. The molecule has 0 aliphatic rings. The Kier molecular flexibility index (Phi) is 6.81. The summed E-state index contributed by atoms with van der Waals surface area (Å²) in [5.41, 5.74) is -0.566. The number of halogens is 3. The Morgan fingerprint density at radius 2 is 1.79 bits per heavy atom. The average Bonchev–Trinajstić information content (AvgIpc) is 2.69. The first kappa shape index (κ1) is 21.0. The molecule has 0 fully saturated rings. The number of carbonyl (C=O) groups excluding carboxylic acids is 2. The fourth-order valence-electron chi connectivity index (χ4n) is 2.25. The van der Waals surface area contributed by atoms with Crippen molar-refractivity contribution in [2.24, 2.45) is 0 Å². The standard InChI is InChI=1S/C20H17F3O5/c1-26-16-8-6-13(18(11-16)27-2)7-9-19(25)28-12-17(24)14-4-3-5-15(10-14)20(21,22)23/h3-11H,12H2,1-2H3/b9-7+. The van der Waals surface area contributed by atoms with Crippen molar-refractivity contribution in [3.63, 3.8) is 0 Å². The fraction of sp³-hybridized carbons (Fsp3) is 0.200. The van der Waals surface area contributed by atoms with Crippen LogP contribution in [0.5, 0.6) is 11.5 Å². The zero-order valence-corrected chi connectivity index (χ0v) is 15.1. The van der Waals surface area contributed by atoms with Crippen molar-refractivity contribution in [2.45, 2.75) is 6.18 Å². The van der Waals surface area contributed by atoms with E-state index in [1.54, 1.807) is 18.2 Å². The summed E-state index contributed by atoms with van der Waals surface area (Å²) in [4.78, 5) is 23.8. The normalized spacial score (nSPS) is 11.3. The Morgan fingerprint density at radius 3 is 2.43 bits per heavy atom. The molecule has 0 aliphatic carbocycles.